The highest BCUT2D eigenvalue weighted by Crippen LogP contribution is 2.57. The lowest BCUT2D eigenvalue weighted by atomic mass is 9.31. The zero-order valence-electron chi connectivity index (χ0n) is 66.8. The van der Waals surface area contributed by atoms with Crippen LogP contribution in [-0.2, 0) is 0 Å². The first-order valence-electron chi connectivity index (χ1n) is 41.8. The summed E-state index contributed by atoms with van der Waals surface area (Å²) in [5.74, 6) is 1.02. The largest absolute Gasteiger partial charge is 0.311 e. The highest BCUT2D eigenvalue weighted by atomic mass is 15.2. The SMILES string of the molecule is CC(C)c1ccc2c(c1)N(c1ccccc1)c1cc(C(C)C)cc3c1B2c1cc2c(-c4c(-c5ccccc5)cc(-c5ccccc5)cc4-c4ccccc4)cc4c5c(cc6c(-c7c(-c8ccccc8)cc(-c8ccccc8)cc7-c7ccccc7)cc-3c1c6c25)B1c2ccc(C(C)C)cc2N(c2ccccc2)c2cc(C(C)C)cc-4c21. The molecule has 116 heavy (non-hydrogen) atoms. The molecular weight excluding hydrogens is 1390 g/mol. The van der Waals surface area contributed by atoms with Crippen LogP contribution in [0.25, 0.3) is 144 Å². The Bertz CT molecular complexity index is 6430. The van der Waals surface area contributed by atoms with Crippen LogP contribution < -0.4 is 42.6 Å². The van der Waals surface area contributed by atoms with Gasteiger partial charge in [-0.05, 0) is 296 Å². The predicted molar refractivity (Wildman–Crippen MR) is 500 cm³/mol. The van der Waals surface area contributed by atoms with Gasteiger partial charge in [0.1, 0.15) is 0 Å². The van der Waals surface area contributed by atoms with Crippen LogP contribution in [0.4, 0.5) is 34.1 Å². The molecule has 0 aliphatic carbocycles. The van der Waals surface area contributed by atoms with Gasteiger partial charge < -0.3 is 9.80 Å². The average Bonchev–Trinajstić information content (AvgIpc) is 0.660. The molecule has 0 N–H and O–H groups in total. The summed E-state index contributed by atoms with van der Waals surface area (Å²) in [6, 6.07) is 137. The number of rotatable bonds is 14. The molecule has 0 spiro atoms. The summed E-state index contributed by atoms with van der Waals surface area (Å²) in [5.41, 5.74) is 44.7. The van der Waals surface area contributed by atoms with Crippen LogP contribution >= 0.6 is 0 Å². The van der Waals surface area contributed by atoms with Gasteiger partial charge in [-0.3, -0.25) is 0 Å². The summed E-state index contributed by atoms with van der Waals surface area (Å²) in [4.78, 5) is 5.28. The summed E-state index contributed by atoms with van der Waals surface area (Å²) in [6.45, 7) is 18.6. The van der Waals surface area contributed by atoms with Crippen molar-refractivity contribution in [2.45, 2.75) is 79.1 Å². The third kappa shape index (κ3) is 10.8. The van der Waals surface area contributed by atoms with Crippen molar-refractivity contribution < 1.29 is 0 Å². The van der Waals surface area contributed by atoms with Crippen LogP contribution in [0.2, 0.25) is 0 Å². The fourth-order valence-electron chi connectivity index (χ4n) is 20.5. The van der Waals surface area contributed by atoms with Crippen molar-refractivity contribution in [3.63, 3.8) is 0 Å². The normalized spacial score (nSPS) is 12.9. The number of nitrogens with zero attached hydrogens (tertiary/aromatic N) is 2. The maximum atomic E-state index is 2.77. The number of fused-ring (bicyclic) bond motifs is 8. The number of para-hydroxylation sites is 2. The second-order valence-corrected chi connectivity index (χ2v) is 34.0. The maximum absolute atomic E-state index is 2.77. The molecule has 2 nitrogen and oxygen atoms in total. The van der Waals surface area contributed by atoms with E-state index in [9.17, 15) is 0 Å². The molecule has 0 saturated carbocycles. The Morgan fingerprint density at radius 1 is 0.198 bits per heavy atom. The van der Waals surface area contributed by atoms with Gasteiger partial charge in [-0.2, -0.15) is 0 Å². The number of hydrogen-bond donors (Lipinski definition) is 0. The first kappa shape index (κ1) is 69.4. The molecule has 0 fully saturated rings. The second-order valence-electron chi connectivity index (χ2n) is 34.0. The fraction of sp³-hybridized carbons (Fsp3) is 0.107. The molecule has 0 saturated heterocycles. The van der Waals surface area contributed by atoms with Crippen LogP contribution in [0.3, 0.4) is 0 Å². The molecule has 4 heterocycles. The molecule has 0 bridgehead atoms. The van der Waals surface area contributed by atoms with Crippen LogP contribution in [0, 0.1) is 0 Å². The Morgan fingerprint density at radius 2 is 0.483 bits per heavy atom. The number of hydrogen-bond acceptors (Lipinski definition) is 2. The fourth-order valence-corrected chi connectivity index (χ4v) is 20.5. The minimum Gasteiger partial charge on any atom is -0.311 e. The Labute approximate surface area is 682 Å². The van der Waals surface area contributed by atoms with Crippen LogP contribution in [-0.4, -0.2) is 13.4 Å². The summed E-state index contributed by atoms with van der Waals surface area (Å²) < 4.78 is 0. The predicted octanol–water partition coefficient (Wildman–Crippen LogP) is 27.0. The smallest absolute Gasteiger partial charge is 0.248 e. The quantitative estimate of drug-likeness (QED) is 0.0791. The maximum Gasteiger partial charge on any atom is 0.248 e. The van der Waals surface area contributed by atoms with Crippen molar-refractivity contribution in [1.82, 2.24) is 0 Å². The Balaban J connectivity index is 1.01. The van der Waals surface area contributed by atoms with Gasteiger partial charge >= 0.3 is 0 Å². The van der Waals surface area contributed by atoms with Gasteiger partial charge in [-0.1, -0.05) is 333 Å². The zero-order valence-corrected chi connectivity index (χ0v) is 66.8. The third-order valence-electron chi connectivity index (χ3n) is 26.1. The van der Waals surface area contributed by atoms with Crippen LogP contribution in [0.15, 0.2) is 352 Å². The second kappa shape index (κ2) is 27.2. The van der Waals surface area contributed by atoms with Gasteiger partial charge in [0.05, 0.1) is 0 Å². The molecule has 18 aromatic carbocycles. The lowest BCUT2D eigenvalue weighted by Crippen LogP contribution is -2.60. The minimum atomic E-state index is -0.170. The Hall–Kier alpha value is -13.3. The molecular formula is C112H86B2N2. The Kier molecular flexibility index (Phi) is 16.3. The van der Waals surface area contributed by atoms with Crippen molar-refractivity contribution >= 4 is 113 Å². The molecule has 4 aliphatic heterocycles. The summed E-state index contributed by atoms with van der Waals surface area (Å²) in [7, 11) is 0. The van der Waals surface area contributed by atoms with Gasteiger partial charge in [0.2, 0.25) is 13.4 Å². The lowest BCUT2D eigenvalue weighted by Gasteiger charge is -2.43. The summed E-state index contributed by atoms with van der Waals surface area (Å²) in [5, 5.41) is 7.80. The van der Waals surface area contributed by atoms with E-state index < -0.39 is 0 Å². The lowest BCUT2D eigenvalue weighted by molar-refractivity contribution is 0.865. The molecule has 18 aromatic rings. The third-order valence-corrected chi connectivity index (χ3v) is 26.1. The van der Waals surface area contributed by atoms with Crippen molar-refractivity contribution in [2.75, 3.05) is 9.80 Å². The molecule has 4 heteroatoms. The standard InChI is InChI=1S/C112H86B2N2/c1-67(2)77-49-51-97-101(59-77)115(83-45-29-15-30-46-83)103-61-79(69(5)6)53-95-91-63-90(106-87(75-41-25-13-26-42-75)57-82(72-35-19-10-20-36-72)58-88(106)76-43-27-14-28-44-76)94-66-100-108-92(96-54-80(70(7)8)62-104-112(96)114(100)98-52-50-78(68(3)4)60-102(98)116(104)84-47-31-16-32-48-84)64-89(93-65-99(113(97)111(95)103)107(91)109(94)110(93)108)105-85(73-37-21-11-22-38-73)55-81(71-33-17-9-18-34-71)56-86(105)74-39-23-12-24-40-74/h9-70H,1-8H3. The number of benzene rings is 18. The first-order valence-corrected chi connectivity index (χ1v) is 41.8. The van der Waals surface area contributed by atoms with E-state index in [1.807, 2.05) is 0 Å². The molecule has 0 radical (unpaired) electrons. The van der Waals surface area contributed by atoms with E-state index in [-0.39, 0.29) is 25.3 Å². The number of anilines is 6. The van der Waals surface area contributed by atoms with Gasteiger partial charge in [0, 0.05) is 34.1 Å². The van der Waals surface area contributed by atoms with Crippen LogP contribution in [0.1, 0.15) is 101 Å². The average molecular weight is 1480 g/mol. The van der Waals surface area contributed by atoms with Crippen molar-refractivity contribution in [2.24, 2.45) is 0 Å². The van der Waals surface area contributed by atoms with Crippen molar-refractivity contribution in [3.8, 4) is 111 Å². The molecule has 550 valence electrons. The molecule has 22 rings (SSSR count). The molecule has 0 unspecified atom stereocenters. The molecule has 4 aliphatic rings. The van der Waals surface area contributed by atoms with Gasteiger partial charge in [-0.15, -0.1) is 0 Å². The first-order chi connectivity index (χ1) is 56.9. The van der Waals surface area contributed by atoms with E-state index in [1.54, 1.807) is 0 Å². The summed E-state index contributed by atoms with van der Waals surface area (Å²) >= 11 is 0. The molecule has 0 atom stereocenters. The summed E-state index contributed by atoms with van der Waals surface area (Å²) in [6.07, 6.45) is 0. The van der Waals surface area contributed by atoms with Gasteiger partial charge in [0.25, 0.3) is 0 Å². The van der Waals surface area contributed by atoms with Crippen molar-refractivity contribution in [1.29, 1.82) is 0 Å². The van der Waals surface area contributed by atoms with E-state index in [1.165, 1.54) is 221 Å². The monoisotopic (exact) mass is 1480 g/mol. The van der Waals surface area contributed by atoms with Crippen molar-refractivity contribution in [3.05, 3.63) is 374 Å². The van der Waals surface area contributed by atoms with E-state index >= 15 is 0 Å². The Morgan fingerprint density at radius 3 is 0.784 bits per heavy atom. The highest BCUT2D eigenvalue weighted by molar-refractivity contribution is 7.02. The van der Waals surface area contributed by atoms with E-state index in [0.29, 0.717) is 11.8 Å². The van der Waals surface area contributed by atoms with E-state index in [2.05, 4.69) is 417 Å². The van der Waals surface area contributed by atoms with Gasteiger partial charge in [0.15, 0.2) is 0 Å². The van der Waals surface area contributed by atoms with Crippen LogP contribution in [0.5, 0.6) is 0 Å². The zero-order chi connectivity index (χ0) is 77.9. The van der Waals surface area contributed by atoms with E-state index in [0.717, 1.165) is 11.4 Å². The minimum absolute atomic E-state index is 0.170. The highest BCUT2D eigenvalue weighted by Gasteiger charge is 2.47. The topological polar surface area (TPSA) is 6.48 Å². The van der Waals surface area contributed by atoms with Gasteiger partial charge in [-0.25, -0.2) is 0 Å². The molecule has 0 amide bonds. The van der Waals surface area contributed by atoms with E-state index in [4.69, 9.17) is 0 Å². The molecule has 0 aromatic heterocycles.